The van der Waals surface area contributed by atoms with Gasteiger partial charge in [0.1, 0.15) is 0 Å². The van der Waals surface area contributed by atoms with Crippen molar-refractivity contribution < 1.29 is 9.31 Å². The zero-order valence-corrected chi connectivity index (χ0v) is 25.9. The molecule has 0 radical (unpaired) electrons. The van der Waals surface area contributed by atoms with Crippen LogP contribution in [0.2, 0.25) is 20.1 Å². The normalized spacial score (nSPS) is 15.1. The molecule has 1 fully saturated rings. The summed E-state index contributed by atoms with van der Waals surface area (Å²) in [4.78, 5) is 8.10. The van der Waals surface area contributed by atoms with Crippen LogP contribution in [0.4, 0.5) is 0 Å². The van der Waals surface area contributed by atoms with E-state index in [1.807, 2.05) is 64.1 Å². The summed E-state index contributed by atoms with van der Waals surface area (Å²) in [6.45, 7) is 8.18. The second kappa shape index (κ2) is 13.6. The minimum Gasteiger partial charge on any atom is -0.399 e. The molecule has 0 bridgehead atoms. The van der Waals surface area contributed by atoms with Crippen molar-refractivity contribution in [2.75, 3.05) is 0 Å². The predicted octanol–water partition coefficient (Wildman–Crippen LogP) is 9.19. The molecule has 4 nitrogen and oxygen atoms in total. The van der Waals surface area contributed by atoms with Gasteiger partial charge in [-0.3, -0.25) is 9.97 Å². The lowest BCUT2D eigenvalue weighted by Gasteiger charge is -2.32. The summed E-state index contributed by atoms with van der Waals surface area (Å²) in [5.41, 5.74) is 2.39. The summed E-state index contributed by atoms with van der Waals surface area (Å²) in [6.07, 6.45) is 7.04. The highest BCUT2D eigenvalue weighted by molar-refractivity contribution is 9.10. The van der Waals surface area contributed by atoms with Crippen LogP contribution in [0.15, 0.2) is 89.9 Å². The van der Waals surface area contributed by atoms with Gasteiger partial charge in [0.15, 0.2) is 0 Å². The van der Waals surface area contributed by atoms with E-state index in [-0.39, 0.29) is 18.3 Å². The van der Waals surface area contributed by atoms with E-state index in [4.69, 9.17) is 55.7 Å². The van der Waals surface area contributed by atoms with Crippen LogP contribution in [0.3, 0.4) is 0 Å². The number of benzene rings is 2. The third kappa shape index (κ3) is 8.95. The molecule has 3 heterocycles. The van der Waals surface area contributed by atoms with Crippen molar-refractivity contribution in [3.8, 4) is 11.1 Å². The quantitative estimate of drug-likeness (QED) is 0.202. The highest BCUT2D eigenvalue weighted by atomic mass is 79.9. The lowest BCUT2D eigenvalue weighted by molar-refractivity contribution is 0.00578. The first-order valence-electron chi connectivity index (χ1n) is 11.6. The zero-order valence-electron chi connectivity index (χ0n) is 21.3. The van der Waals surface area contributed by atoms with Crippen LogP contribution in [0.25, 0.3) is 11.1 Å². The van der Waals surface area contributed by atoms with Crippen LogP contribution in [0.1, 0.15) is 27.7 Å². The molecule has 0 amide bonds. The maximum Gasteiger partial charge on any atom is 0.496 e. The fourth-order valence-corrected chi connectivity index (χ4v) is 5.08. The molecule has 2 aromatic carbocycles. The Kier molecular flexibility index (Phi) is 11.1. The third-order valence-corrected chi connectivity index (χ3v) is 7.23. The van der Waals surface area contributed by atoms with Crippen LogP contribution < -0.4 is 5.46 Å². The third-order valence-electron chi connectivity index (χ3n) is 5.89. The first-order chi connectivity index (χ1) is 17.9. The topological polar surface area (TPSA) is 44.2 Å². The molecular weight excluding hydrogens is 629 g/mol. The Balaban J connectivity index is 0.000000163. The van der Waals surface area contributed by atoms with Crippen LogP contribution in [-0.4, -0.2) is 28.3 Å². The number of pyridine rings is 2. The van der Waals surface area contributed by atoms with Gasteiger partial charge in [0, 0.05) is 60.4 Å². The van der Waals surface area contributed by atoms with Gasteiger partial charge in [-0.1, -0.05) is 74.5 Å². The molecule has 0 aliphatic carbocycles. The smallest absolute Gasteiger partial charge is 0.399 e. The molecule has 0 atom stereocenters. The van der Waals surface area contributed by atoms with Crippen molar-refractivity contribution in [2.24, 2.45) is 0 Å². The summed E-state index contributed by atoms with van der Waals surface area (Å²) in [7, 11) is -0.302. The van der Waals surface area contributed by atoms with Gasteiger partial charge in [0.25, 0.3) is 0 Å². The van der Waals surface area contributed by atoms with Crippen molar-refractivity contribution in [1.29, 1.82) is 0 Å². The number of aromatic nitrogens is 2. The first-order valence-corrected chi connectivity index (χ1v) is 13.9. The maximum absolute atomic E-state index is 5.90. The Morgan fingerprint density at radius 3 is 1.55 bits per heavy atom. The second-order valence-electron chi connectivity index (χ2n) is 9.36. The lowest BCUT2D eigenvalue weighted by atomic mass is 9.80. The van der Waals surface area contributed by atoms with Gasteiger partial charge in [0.2, 0.25) is 0 Å². The molecule has 1 saturated heterocycles. The van der Waals surface area contributed by atoms with Crippen LogP contribution in [-0.2, 0) is 9.31 Å². The molecule has 4 aromatic rings. The summed E-state index contributed by atoms with van der Waals surface area (Å²) in [5, 5.41) is 2.57. The van der Waals surface area contributed by atoms with E-state index in [1.165, 1.54) is 0 Å². The standard InChI is InChI=1S/C11H16BNO2.C11H7Cl2N.C6H3BrCl2/c1-10(2)11(3,4)15-12(14-10)9-6-5-7-13-8-9;12-10-4-9(5-11(13)6-10)8-2-1-3-14-7-8;7-4-1-5(8)3-6(9)2-4/h5-8H,1-4H3;1-7H;1-3H. The summed E-state index contributed by atoms with van der Waals surface area (Å²) >= 11 is 26.3. The van der Waals surface area contributed by atoms with Crippen molar-refractivity contribution in [3.63, 3.8) is 0 Å². The Morgan fingerprint density at radius 2 is 1.13 bits per heavy atom. The van der Waals surface area contributed by atoms with Gasteiger partial charge >= 0.3 is 7.12 Å². The number of hydrogen-bond acceptors (Lipinski definition) is 4. The van der Waals surface area contributed by atoms with E-state index in [2.05, 4.69) is 25.9 Å². The zero-order chi connectivity index (χ0) is 27.9. The number of halogens is 5. The van der Waals surface area contributed by atoms with Crippen LogP contribution >= 0.6 is 62.3 Å². The van der Waals surface area contributed by atoms with Gasteiger partial charge in [-0.05, 0) is 81.8 Å². The van der Waals surface area contributed by atoms with Gasteiger partial charge in [-0.15, -0.1) is 0 Å². The number of hydrogen-bond donors (Lipinski definition) is 0. The van der Waals surface area contributed by atoms with E-state index in [1.54, 1.807) is 49.1 Å². The average Bonchev–Trinajstić information content (AvgIpc) is 3.06. The maximum atomic E-state index is 5.90. The fourth-order valence-electron chi connectivity index (χ4n) is 3.27. The fraction of sp³-hybridized carbons (Fsp3) is 0.214. The molecular formula is C28H26BBrCl4N2O2. The van der Waals surface area contributed by atoms with Gasteiger partial charge < -0.3 is 9.31 Å². The molecule has 0 N–H and O–H groups in total. The van der Waals surface area contributed by atoms with E-state index < -0.39 is 0 Å². The van der Waals surface area contributed by atoms with E-state index >= 15 is 0 Å². The van der Waals surface area contributed by atoms with Crippen molar-refractivity contribution in [2.45, 2.75) is 38.9 Å². The van der Waals surface area contributed by atoms with E-state index in [0.29, 0.717) is 20.1 Å². The van der Waals surface area contributed by atoms with Crippen LogP contribution in [0.5, 0.6) is 0 Å². The molecule has 38 heavy (non-hydrogen) atoms. The highest BCUT2D eigenvalue weighted by Crippen LogP contribution is 2.36. The van der Waals surface area contributed by atoms with E-state index in [0.717, 1.165) is 21.1 Å². The molecule has 5 rings (SSSR count). The highest BCUT2D eigenvalue weighted by Gasteiger charge is 2.51. The van der Waals surface area contributed by atoms with Crippen molar-refractivity contribution in [3.05, 3.63) is 110 Å². The minimum atomic E-state index is -0.302. The molecule has 0 saturated carbocycles. The number of rotatable bonds is 2. The summed E-state index contributed by atoms with van der Waals surface area (Å²) in [5.74, 6) is 0. The van der Waals surface area contributed by atoms with E-state index in [9.17, 15) is 0 Å². The number of nitrogens with zero attached hydrogens (tertiary/aromatic N) is 2. The predicted molar refractivity (Wildman–Crippen MR) is 164 cm³/mol. The Bertz CT molecular complexity index is 1260. The summed E-state index contributed by atoms with van der Waals surface area (Å²) in [6, 6.07) is 18.4. The molecule has 198 valence electrons. The SMILES string of the molecule is CC1(C)OB(c2cccnc2)OC1(C)C.Clc1cc(Cl)cc(-c2cccnc2)c1.Clc1cc(Cl)cc(Br)c1. The van der Waals surface area contributed by atoms with Crippen LogP contribution in [0, 0.1) is 0 Å². The average molecular weight is 655 g/mol. The Hall–Kier alpha value is -1.64. The van der Waals surface area contributed by atoms with Gasteiger partial charge in [-0.25, -0.2) is 0 Å². The lowest BCUT2D eigenvalue weighted by Crippen LogP contribution is -2.41. The van der Waals surface area contributed by atoms with Crippen molar-refractivity contribution in [1.82, 2.24) is 9.97 Å². The molecule has 2 aromatic heterocycles. The summed E-state index contributed by atoms with van der Waals surface area (Å²) < 4.78 is 12.7. The Morgan fingerprint density at radius 1 is 0.658 bits per heavy atom. The van der Waals surface area contributed by atoms with Gasteiger partial charge in [0.05, 0.1) is 11.2 Å². The molecule has 0 unspecified atom stereocenters. The Labute approximate surface area is 252 Å². The molecule has 1 aliphatic rings. The molecule has 10 heteroatoms. The van der Waals surface area contributed by atoms with Crippen molar-refractivity contribution >= 4 is 74.9 Å². The first kappa shape index (κ1) is 30.9. The monoisotopic (exact) mass is 652 g/mol. The largest absolute Gasteiger partial charge is 0.496 e. The molecule has 0 spiro atoms. The molecule has 1 aliphatic heterocycles. The minimum absolute atomic E-state index is 0.284. The second-order valence-corrected chi connectivity index (χ2v) is 12.0. The van der Waals surface area contributed by atoms with Gasteiger partial charge in [-0.2, -0.15) is 0 Å².